The summed E-state index contributed by atoms with van der Waals surface area (Å²) in [7, 11) is 0. The molecule has 0 aliphatic carbocycles. The predicted molar refractivity (Wildman–Crippen MR) is 90.0 cm³/mol. The zero-order chi connectivity index (χ0) is 16.9. The molecule has 1 aliphatic rings. The van der Waals surface area contributed by atoms with E-state index < -0.39 is 12.1 Å². The first-order valence-electron chi connectivity index (χ1n) is 7.74. The average Bonchev–Trinajstić information content (AvgIpc) is 3.23. The Morgan fingerprint density at radius 3 is 2.88 bits per heavy atom. The number of carbonyl (C=O) groups is 2. The van der Waals surface area contributed by atoms with Crippen LogP contribution in [0.4, 0.5) is 5.13 Å². The van der Waals surface area contributed by atoms with Crippen LogP contribution in [0, 0.1) is 6.92 Å². The molecule has 0 spiro atoms. The van der Waals surface area contributed by atoms with Crippen molar-refractivity contribution in [3.8, 4) is 0 Å². The van der Waals surface area contributed by atoms with Crippen LogP contribution in [0.1, 0.15) is 33.8 Å². The van der Waals surface area contributed by atoms with Gasteiger partial charge in [0.05, 0.1) is 5.69 Å². The second kappa shape index (κ2) is 7.55. The van der Waals surface area contributed by atoms with Crippen molar-refractivity contribution in [2.24, 2.45) is 0 Å². The van der Waals surface area contributed by atoms with E-state index in [2.05, 4.69) is 10.3 Å². The lowest BCUT2D eigenvalue weighted by Crippen LogP contribution is -2.26. The number of aryl methyl sites for hydroxylation is 1. The van der Waals surface area contributed by atoms with E-state index >= 15 is 0 Å². The van der Waals surface area contributed by atoms with Crippen LogP contribution in [0.15, 0.2) is 30.3 Å². The van der Waals surface area contributed by atoms with Crippen molar-refractivity contribution in [1.29, 1.82) is 0 Å². The minimum atomic E-state index is -0.438. The Labute approximate surface area is 143 Å². The fourth-order valence-corrected chi connectivity index (χ4v) is 3.26. The number of carbonyl (C=O) groups excluding carboxylic acids is 2. The molecule has 0 radical (unpaired) electrons. The fraction of sp³-hybridized carbons (Fsp3) is 0.353. The number of amides is 1. The summed E-state index contributed by atoms with van der Waals surface area (Å²) in [6.45, 7) is 2.53. The zero-order valence-electron chi connectivity index (χ0n) is 13.3. The van der Waals surface area contributed by atoms with Crippen LogP contribution in [0.5, 0.6) is 0 Å². The number of aromatic nitrogens is 1. The van der Waals surface area contributed by atoms with Gasteiger partial charge in [0.15, 0.2) is 5.13 Å². The topological polar surface area (TPSA) is 77.5 Å². The quantitative estimate of drug-likeness (QED) is 0.842. The van der Waals surface area contributed by atoms with Crippen molar-refractivity contribution in [2.75, 3.05) is 11.9 Å². The van der Waals surface area contributed by atoms with Crippen LogP contribution in [-0.4, -0.2) is 29.6 Å². The van der Waals surface area contributed by atoms with Crippen molar-refractivity contribution in [1.82, 2.24) is 4.98 Å². The third kappa shape index (κ3) is 3.98. The summed E-state index contributed by atoms with van der Waals surface area (Å²) in [6.07, 6.45) is 1.16. The molecule has 3 rings (SSSR count). The van der Waals surface area contributed by atoms with Crippen LogP contribution < -0.4 is 5.32 Å². The molecule has 1 aromatic carbocycles. The van der Waals surface area contributed by atoms with Crippen molar-refractivity contribution >= 4 is 28.3 Å². The van der Waals surface area contributed by atoms with Gasteiger partial charge < -0.3 is 9.47 Å². The number of nitrogens with one attached hydrogen (secondary N) is 1. The molecule has 1 atom stereocenters. The molecule has 24 heavy (non-hydrogen) atoms. The maximum atomic E-state index is 12.2. The molecule has 6 nitrogen and oxygen atoms in total. The van der Waals surface area contributed by atoms with Crippen molar-refractivity contribution in [3.05, 3.63) is 46.5 Å². The summed E-state index contributed by atoms with van der Waals surface area (Å²) in [4.78, 5) is 28.9. The molecule has 7 heteroatoms. The number of anilines is 1. The number of ether oxygens (including phenoxy) is 2. The number of hydrogen-bond donors (Lipinski definition) is 1. The van der Waals surface area contributed by atoms with E-state index in [9.17, 15) is 9.59 Å². The predicted octanol–water partition coefficient (Wildman–Crippen LogP) is 2.93. The summed E-state index contributed by atoms with van der Waals surface area (Å²) < 4.78 is 10.6. The maximum Gasteiger partial charge on any atom is 0.350 e. The molecule has 1 aliphatic heterocycles. The van der Waals surface area contributed by atoms with Gasteiger partial charge in [-0.2, -0.15) is 0 Å². The molecule has 2 heterocycles. The number of nitrogens with zero attached hydrogens (tertiary/aromatic N) is 1. The van der Waals surface area contributed by atoms with E-state index in [4.69, 9.17) is 9.47 Å². The Morgan fingerprint density at radius 1 is 1.38 bits per heavy atom. The van der Waals surface area contributed by atoms with E-state index in [1.54, 1.807) is 6.92 Å². The van der Waals surface area contributed by atoms with Crippen molar-refractivity contribution in [3.63, 3.8) is 0 Å². The summed E-state index contributed by atoms with van der Waals surface area (Å²) >= 11 is 1.12. The lowest BCUT2D eigenvalue weighted by molar-refractivity contribution is -0.124. The molecule has 1 fully saturated rings. The van der Waals surface area contributed by atoms with E-state index in [0.29, 0.717) is 28.7 Å². The second-order valence-corrected chi connectivity index (χ2v) is 6.49. The van der Waals surface area contributed by atoms with Gasteiger partial charge >= 0.3 is 5.97 Å². The summed E-state index contributed by atoms with van der Waals surface area (Å²) in [5, 5.41) is 3.10. The van der Waals surface area contributed by atoms with Gasteiger partial charge in [-0.15, -0.1) is 0 Å². The maximum absolute atomic E-state index is 12.2. The van der Waals surface area contributed by atoms with Crippen LogP contribution >= 0.6 is 11.3 Å². The van der Waals surface area contributed by atoms with Gasteiger partial charge in [-0.25, -0.2) is 9.78 Å². The highest BCUT2D eigenvalue weighted by atomic mass is 32.1. The lowest BCUT2D eigenvalue weighted by Gasteiger charge is -2.07. The van der Waals surface area contributed by atoms with Gasteiger partial charge in [0.25, 0.3) is 5.91 Å². The average molecular weight is 346 g/mol. The molecule has 1 aromatic heterocycles. The summed E-state index contributed by atoms with van der Waals surface area (Å²) in [5.41, 5.74) is 1.46. The van der Waals surface area contributed by atoms with Crippen LogP contribution in [0.25, 0.3) is 0 Å². The molecule has 0 bridgehead atoms. The Morgan fingerprint density at radius 2 is 2.17 bits per heavy atom. The molecule has 1 unspecified atom stereocenters. The Bertz CT molecular complexity index is 723. The van der Waals surface area contributed by atoms with Crippen molar-refractivity contribution < 1.29 is 19.1 Å². The van der Waals surface area contributed by atoms with Gasteiger partial charge in [0, 0.05) is 6.61 Å². The third-order valence-corrected chi connectivity index (χ3v) is 4.70. The molecular weight excluding hydrogens is 328 g/mol. The lowest BCUT2D eigenvalue weighted by atomic mass is 10.2. The number of thiazole rings is 1. The van der Waals surface area contributed by atoms with Gasteiger partial charge in [-0.1, -0.05) is 41.7 Å². The van der Waals surface area contributed by atoms with Gasteiger partial charge in [0.2, 0.25) is 0 Å². The SMILES string of the molecule is Cc1nc(NC(=O)C2CCCO2)sc1C(=O)OCc1ccccc1. The normalized spacial score (nSPS) is 16.8. The fourth-order valence-electron chi connectivity index (χ4n) is 2.40. The van der Waals surface area contributed by atoms with Crippen LogP contribution in [0.2, 0.25) is 0 Å². The Hall–Kier alpha value is -2.25. The number of rotatable bonds is 5. The first-order chi connectivity index (χ1) is 11.6. The number of benzene rings is 1. The molecule has 126 valence electrons. The Balaban J connectivity index is 1.60. The summed E-state index contributed by atoms with van der Waals surface area (Å²) in [6, 6.07) is 9.46. The van der Waals surface area contributed by atoms with E-state index in [-0.39, 0.29) is 12.5 Å². The van der Waals surface area contributed by atoms with Crippen molar-refractivity contribution in [2.45, 2.75) is 32.5 Å². The Kier molecular flexibility index (Phi) is 5.22. The monoisotopic (exact) mass is 346 g/mol. The van der Waals surface area contributed by atoms with Gasteiger partial charge in [0.1, 0.15) is 17.6 Å². The third-order valence-electron chi connectivity index (χ3n) is 3.65. The minimum absolute atomic E-state index is 0.203. The summed E-state index contributed by atoms with van der Waals surface area (Å²) in [5.74, 6) is -0.656. The van der Waals surface area contributed by atoms with Crippen LogP contribution in [-0.2, 0) is 20.9 Å². The largest absolute Gasteiger partial charge is 0.457 e. The highest BCUT2D eigenvalue weighted by Gasteiger charge is 2.25. The molecular formula is C17H18N2O4S. The van der Waals surface area contributed by atoms with E-state index in [1.165, 1.54) is 0 Å². The molecule has 1 N–H and O–H groups in total. The molecule has 0 saturated carbocycles. The van der Waals surface area contributed by atoms with Crippen LogP contribution in [0.3, 0.4) is 0 Å². The standard InChI is InChI=1S/C17H18N2O4S/c1-11-14(16(21)23-10-12-6-3-2-4-7-12)24-17(18-11)19-15(20)13-8-5-9-22-13/h2-4,6-7,13H,5,8-10H2,1H3,(H,18,19,20). The molecule has 1 amide bonds. The van der Waals surface area contributed by atoms with E-state index in [0.717, 1.165) is 23.3 Å². The first kappa shape index (κ1) is 16.6. The number of esters is 1. The zero-order valence-corrected chi connectivity index (χ0v) is 14.1. The van der Waals surface area contributed by atoms with Gasteiger partial charge in [-0.3, -0.25) is 10.1 Å². The second-order valence-electron chi connectivity index (χ2n) is 5.49. The highest BCUT2D eigenvalue weighted by Crippen LogP contribution is 2.25. The highest BCUT2D eigenvalue weighted by molar-refractivity contribution is 7.17. The van der Waals surface area contributed by atoms with Gasteiger partial charge in [-0.05, 0) is 25.3 Å². The van der Waals surface area contributed by atoms with E-state index in [1.807, 2.05) is 30.3 Å². The minimum Gasteiger partial charge on any atom is -0.457 e. The number of hydrogen-bond acceptors (Lipinski definition) is 6. The smallest absolute Gasteiger partial charge is 0.350 e. The molecule has 2 aromatic rings. The first-order valence-corrected chi connectivity index (χ1v) is 8.56. The molecule has 1 saturated heterocycles.